The SMILES string of the molecule is Cc1cccc(C)c1CCCc1cccc2c(N)c(C(N)=O)nnc12. The molecular weight excluding hydrogens is 312 g/mol. The van der Waals surface area contributed by atoms with Crippen LogP contribution in [0, 0.1) is 13.8 Å². The van der Waals surface area contributed by atoms with Gasteiger partial charge in [-0.1, -0.05) is 36.4 Å². The molecule has 5 nitrogen and oxygen atoms in total. The molecule has 1 aromatic heterocycles. The van der Waals surface area contributed by atoms with Gasteiger partial charge < -0.3 is 11.5 Å². The highest BCUT2D eigenvalue weighted by Gasteiger charge is 2.14. The molecule has 2 aromatic carbocycles. The van der Waals surface area contributed by atoms with Crippen molar-refractivity contribution in [1.29, 1.82) is 0 Å². The first-order valence-corrected chi connectivity index (χ1v) is 8.37. The average Bonchev–Trinajstić information content (AvgIpc) is 2.58. The summed E-state index contributed by atoms with van der Waals surface area (Å²) < 4.78 is 0. The van der Waals surface area contributed by atoms with Crippen LogP contribution in [0.2, 0.25) is 0 Å². The zero-order valence-corrected chi connectivity index (χ0v) is 14.5. The summed E-state index contributed by atoms with van der Waals surface area (Å²) >= 11 is 0. The minimum absolute atomic E-state index is 0.0279. The number of anilines is 1. The van der Waals surface area contributed by atoms with E-state index < -0.39 is 5.91 Å². The molecule has 5 heteroatoms. The van der Waals surface area contributed by atoms with Gasteiger partial charge >= 0.3 is 0 Å². The second kappa shape index (κ2) is 6.89. The summed E-state index contributed by atoms with van der Waals surface area (Å²) in [4.78, 5) is 11.4. The number of fused-ring (bicyclic) bond motifs is 1. The monoisotopic (exact) mass is 334 g/mol. The fourth-order valence-electron chi connectivity index (χ4n) is 3.29. The summed E-state index contributed by atoms with van der Waals surface area (Å²) in [6.07, 6.45) is 2.89. The Hall–Kier alpha value is -2.95. The van der Waals surface area contributed by atoms with E-state index in [2.05, 4.69) is 42.2 Å². The number of hydrogen-bond acceptors (Lipinski definition) is 4. The number of carbonyl (C=O) groups excluding carboxylic acids is 1. The molecule has 0 saturated heterocycles. The van der Waals surface area contributed by atoms with Gasteiger partial charge in [0.05, 0.1) is 11.2 Å². The fraction of sp³-hybridized carbons (Fsp3) is 0.250. The van der Waals surface area contributed by atoms with Crippen LogP contribution in [0.5, 0.6) is 0 Å². The predicted octanol–water partition coefficient (Wildman–Crippen LogP) is 3.10. The number of aromatic nitrogens is 2. The van der Waals surface area contributed by atoms with Crippen LogP contribution in [-0.4, -0.2) is 16.1 Å². The molecule has 25 heavy (non-hydrogen) atoms. The Morgan fingerprint density at radius 1 is 1.00 bits per heavy atom. The molecular formula is C20H22N4O. The van der Waals surface area contributed by atoms with Crippen molar-refractivity contribution in [3.63, 3.8) is 0 Å². The molecule has 128 valence electrons. The average molecular weight is 334 g/mol. The number of amides is 1. The zero-order valence-electron chi connectivity index (χ0n) is 14.5. The van der Waals surface area contributed by atoms with Gasteiger partial charge in [0.1, 0.15) is 0 Å². The quantitative estimate of drug-likeness (QED) is 0.749. The Kier molecular flexibility index (Phi) is 4.65. The lowest BCUT2D eigenvalue weighted by molar-refractivity contribution is 0.0996. The maximum atomic E-state index is 11.4. The van der Waals surface area contributed by atoms with Crippen LogP contribution in [0.4, 0.5) is 5.69 Å². The van der Waals surface area contributed by atoms with Gasteiger partial charge in [0.15, 0.2) is 5.69 Å². The number of aryl methyl sites for hydroxylation is 3. The van der Waals surface area contributed by atoms with Crippen LogP contribution in [-0.2, 0) is 12.8 Å². The Balaban J connectivity index is 1.85. The minimum Gasteiger partial charge on any atom is -0.396 e. The van der Waals surface area contributed by atoms with Crippen LogP contribution in [0.3, 0.4) is 0 Å². The van der Waals surface area contributed by atoms with Gasteiger partial charge in [0.25, 0.3) is 5.91 Å². The molecule has 0 aliphatic carbocycles. The summed E-state index contributed by atoms with van der Waals surface area (Å²) in [5.74, 6) is -0.660. The zero-order chi connectivity index (χ0) is 18.0. The lowest BCUT2D eigenvalue weighted by Crippen LogP contribution is -2.17. The molecule has 0 atom stereocenters. The lowest BCUT2D eigenvalue weighted by atomic mass is 9.96. The van der Waals surface area contributed by atoms with E-state index in [1.165, 1.54) is 16.7 Å². The van der Waals surface area contributed by atoms with Gasteiger partial charge in [-0.25, -0.2) is 0 Å². The molecule has 0 bridgehead atoms. The predicted molar refractivity (Wildman–Crippen MR) is 100 cm³/mol. The van der Waals surface area contributed by atoms with Crippen molar-refractivity contribution in [3.8, 4) is 0 Å². The van der Waals surface area contributed by atoms with Crippen LogP contribution >= 0.6 is 0 Å². The molecule has 3 aromatic rings. The summed E-state index contributed by atoms with van der Waals surface area (Å²) in [5, 5.41) is 8.83. The van der Waals surface area contributed by atoms with E-state index in [1.807, 2.05) is 18.2 Å². The molecule has 3 rings (SSSR count). The van der Waals surface area contributed by atoms with E-state index in [-0.39, 0.29) is 5.69 Å². The minimum atomic E-state index is -0.660. The fourth-order valence-corrected chi connectivity index (χ4v) is 3.29. The van der Waals surface area contributed by atoms with Crippen molar-refractivity contribution in [2.24, 2.45) is 5.73 Å². The summed E-state index contributed by atoms with van der Waals surface area (Å²) in [7, 11) is 0. The molecule has 0 aliphatic rings. The Morgan fingerprint density at radius 2 is 1.68 bits per heavy atom. The third-order valence-electron chi connectivity index (χ3n) is 4.67. The first kappa shape index (κ1) is 16.9. The van der Waals surface area contributed by atoms with Crippen molar-refractivity contribution < 1.29 is 4.79 Å². The number of nitrogen functional groups attached to an aromatic ring is 1. The van der Waals surface area contributed by atoms with E-state index in [0.717, 1.165) is 35.7 Å². The van der Waals surface area contributed by atoms with Gasteiger partial charge in [0.2, 0.25) is 0 Å². The van der Waals surface area contributed by atoms with E-state index in [0.29, 0.717) is 5.69 Å². The molecule has 0 spiro atoms. The number of nitrogens with two attached hydrogens (primary N) is 2. The normalized spacial score (nSPS) is 11.0. The van der Waals surface area contributed by atoms with Crippen LogP contribution in [0.15, 0.2) is 36.4 Å². The Bertz CT molecular complexity index is 930. The maximum absolute atomic E-state index is 11.4. The van der Waals surface area contributed by atoms with Gasteiger partial charge in [-0.05, 0) is 55.4 Å². The Labute approximate surface area is 147 Å². The second-order valence-corrected chi connectivity index (χ2v) is 6.36. The van der Waals surface area contributed by atoms with Gasteiger partial charge in [-0.15, -0.1) is 10.2 Å². The van der Waals surface area contributed by atoms with Crippen LogP contribution < -0.4 is 11.5 Å². The number of primary amides is 1. The highest BCUT2D eigenvalue weighted by atomic mass is 16.1. The van der Waals surface area contributed by atoms with Crippen molar-refractivity contribution in [1.82, 2.24) is 10.2 Å². The molecule has 0 aliphatic heterocycles. The highest BCUT2D eigenvalue weighted by Crippen LogP contribution is 2.25. The molecule has 1 heterocycles. The summed E-state index contributed by atoms with van der Waals surface area (Å²) in [6.45, 7) is 4.30. The number of nitrogens with zero attached hydrogens (tertiary/aromatic N) is 2. The second-order valence-electron chi connectivity index (χ2n) is 6.36. The van der Waals surface area contributed by atoms with Gasteiger partial charge in [0, 0.05) is 5.39 Å². The molecule has 0 saturated carbocycles. The smallest absolute Gasteiger partial charge is 0.271 e. The Morgan fingerprint density at radius 3 is 2.36 bits per heavy atom. The molecule has 0 radical (unpaired) electrons. The topological polar surface area (TPSA) is 94.9 Å². The van der Waals surface area contributed by atoms with Gasteiger partial charge in [-0.2, -0.15) is 0 Å². The first-order valence-electron chi connectivity index (χ1n) is 8.37. The van der Waals surface area contributed by atoms with Crippen molar-refractivity contribution in [3.05, 3.63) is 64.3 Å². The van der Waals surface area contributed by atoms with Crippen LogP contribution in [0.1, 0.15) is 39.2 Å². The van der Waals surface area contributed by atoms with Crippen molar-refractivity contribution in [2.75, 3.05) is 5.73 Å². The molecule has 0 unspecified atom stereocenters. The van der Waals surface area contributed by atoms with Crippen molar-refractivity contribution in [2.45, 2.75) is 33.1 Å². The maximum Gasteiger partial charge on any atom is 0.271 e. The largest absolute Gasteiger partial charge is 0.396 e. The summed E-state index contributed by atoms with van der Waals surface area (Å²) in [6, 6.07) is 12.2. The van der Waals surface area contributed by atoms with E-state index >= 15 is 0 Å². The molecule has 4 N–H and O–H groups in total. The molecule has 1 amide bonds. The van der Waals surface area contributed by atoms with E-state index in [9.17, 15) is 4.79 Å². The lowest BCUT2D eigenvalue weighted by Gasteiger charge is -2.11. The first-order chi connectivity index (χ1) is 12.0. The van der Waals surface area contributed by atoms with E-state index in [1.54, 1.807) is 0 Å². The third kappa shape index (κ3) is 3.31. The standard InChI is InChI=1S/C20H22N4O/c1-12-6-3-7-13(2)15(12)10-4-8-14-9-5-11-16-17(21)19(20(22)25)24-23-18(14)16/h3,5-7,9,11H,4,8,10H2,1-2H3,(H2,21,23)(H2,22,25). The third-order valence-corrected chi connectivity index (χ3v) is 4.67. The summed E-state index contributed by atoms with van der Waals surface area (Å²) in [5.41, 5.74) is 17.6. The van der Waals surface area contributed by atoms with Gasteiger partial charge in [-0.3, -0.25) is 4.79 Å². The van der Waals surface area contributed by atoms with Crippen molar-refractivity contribution >= 4 is 22.5 Å². The number of benzene rings is 2. The van der Waals surface area contributed by atoms with Crippen LogP contribution in [0.25, 0.3) is 10.9 Å². The number of hydrogen-bond donors (Lipinski definition) is 2. The molecule has 0 fully saturated rings. The number of rotatable bonds is 5. The number of carbonyl (C=O) groups is 1. The van der Waals surface area contributed by atoms with E-state index in [4.69, 9.17) is 11.5 Å². The highest BCUT2D eigenvalue weighted by molar-refractivity contribution is 6.04.